The van der Waals surface area contributed by atoms with Crippen molar-refractivity contribution in [3.63, 3.8) is 0 Å². The monoisotopic (exact) mass is 286 g/mol. The summed E-state index contributed by atoms with van der Waals surface area (Å²) in [4.78, 5) is 11.9. The van der Waals surface area contributed by atoms with Crippen LogP contribution in [0.3, 0.4) is 0 Å². The van der Waals surface area contributed by atoms with Gasteiger partial charge < -0.3 is 4.74 Å². The SMILES string of the molecule is O=C1CCCc2c(OCc3ccc(Cl)cc3)cccc21. The summed E-state index contributed by atoms with van der Waals surface area (Å²) in [6.07, 6.45) is 2.47. The molecule has 1 aliphatic carbocycles. The van der Waals surface area contributed by atoms with Crippen LogP contribution in [-0.2, 0) is 13.0 Å². The van der Waals surface area contributed by atoms with Gasteiger partial charge in [0.1, 0.15) is 12.4 Å². The molecule has 0 saturated carbocycles. The minimum atomic E-state index is 0.225. The molecule has 0 N–H and O–H groups in total. The highest BCUT2D eigenvalue weighted by atomic mass is 35.5. The molecule has 0 radical (unpaired) electrons. The smallest absolute Gasteiger partial charge is 0.163 e. The molecule has 1 aliphatic rings. The van der Waals surface area contributed by atoms with Crippen molar-refractivity contribution < 1.29 is 9.53 Å². The summed E-state index contributed by atoms with van der Waals surface area (Å²) in [5.41, 5.74) is 2.94. The van der Waals surface area contributed by atoms with Gasteiger partial charge in [-0.15, -0.1) is 0 Å². The van der Waals surface area contributed by atoms with Crippen LogP contribution in [0.4, 0.5) is 0 Å². The van der Waals surface area contributed by atoms with E-state index < -0.39 is 0 Å². The van der Waals surface area contributed by atoms with E-state index in [4.69, 9.17) is 16.3 Å². The number of fused-ring (bicyclic) bond motifs is 1. The predicted molar refractivity (Wildman–Crippen MR) is 79.5 cm³/mol. The highest BCUT2D eigenvalue weighted by molar-refractivity contribution is 6.30. The molecule has 0 bridgehead atoms. The summed E-state index contributed by atoms with van der Waals surface area (Å²) in [6, 6.07) is 13.3. The first-order valence-corrected chi connectivity index (χ1v) is 7.14. The van der Waals surface area contributed by atoms with Crippen molar-refractivity contribution in [1.82, 2.24) is 0 Å². The lowest BCUT2D eigenvalue weighted by atomic mass is 9.90. The van der Waals surface area contributed by atoms with Crippen LogP contribution in [0.15, 0.2) is 42.5 Å². The van der Waals surface area contributed by atoms with Crippen LogP contribution in [-0.4, -0.2) is 5.78 Å². The Labute approximate surface area is 123 Å². The van der Waals surface area contributed by atoms with Crippen LogP contribution >= 0.6 is 11.6 Å². The minimum absolute atomic E-state index is 0.225. The number of halogens is 1. The third-order valence-electron chi connectivity index (χ3n) is 3.57. The number of rotatable bonds is 3. The zero-order chi connectivity index (χ0) is 13.9. The van der Waals surface area contributed by atoms with Gasteiger partial charge >= 0.3 is 0 Å². The first kappa shape index (κ1) is 13.2. The lowest BCUT2D eigenvalue weighted by Gasteiger charge is -2.18. The third-order valence-corrected chi connectivity index (χ3v) is 3.82. The highest BCUT2D eigenvalue weighted by Crippen LogP contribution is 2.30. The number of ether oxygens (including phenoxy) is 1. The number of benzene rings is 2. The molecule has 0 atom stereocenters. The molecule has 0 amide bonds. The fraction of sp³-hybridized carbons (Fsp3) is 0.235. The second-order valence-electron chi connectivity index (χ2n) is 4.97. The molecule has 0 unspecified atom stereocenters. The summed E-state index contributed by atoms with van der Waals surface area (Å²) < 4.78 is 5.88. The van der Waals surface area contributed by atoms with E-state index in [0.717, 1.165) is 40.3 Å². The van der Waals surface area contributed by atoms with E-state index in [2.05, 4.69) is 0 Å². The fourth-order valence-electron chi connectivity index (χ4n) is 2.52. The topological polar surface area (TPSA) is 26.3 Å². The van der Waals surface area contributed by atoms with Gasteiger partial charge in [-0.1, -0.05) is 35.9 Å². The van der Waals surface area contributed by atoms with Crippen LogP contribution in [0.2, 0.25) is 5.02 Å². The molecule has 0 saturated heterocycles. The van der Waals surface area contributed by atoms with Crippen molar-refractivity contribution in [2.24, 2.45) is 0 Å². The number of Topliss-reactive ketones (excluding diaryl/α,β-unsaturated/α-hetero) is 1. The van der Waals surface area contributed by atoms with E-state index in [0.29, 0.717) is 13.0 Å². The quantitative estimate of drug-likeness (QED) is 0.834. The van der Waals surface area contributed by atoms with Crippen LogP contribution < -0.4 is 4.74 Å². The summed E-state index contributed by atoms with van der Waals surface area (Å²) in [5, 5.41) is 0.719. The van der Waals surface area contributed by atoms with Crippen molar-refractivity contribution in [3.05, 3.63) is 64.2 Å². The van der Waals surface area contributed by atoms with Crippen molar-refractivity contribution in [2.45, 2.75) is 25.9 Å². The predicted octanol–water partition coefficient (Wildman–Crippen LogP) is 4.44. The van der Waals surface area contributed by atoms with E-state index in [9.17, 15) is 4.79 Å². The summed E-state index contributed by atoms with van der Waals surface area (Å²) >= 11 is 5.86. The average Bonchev–Trinajstić information content (AvgIpc) is 2.47. The van der Waals surface area contributed by atoms with Gasteiger partial charge in [0.05, 0.1) is 0 Å². The maximum atomic E-state index is 11.9. The van der Waals surface area contributed by atoms with E-state index in [1.807, 2.05) is 42.5 Å². The number of hydrogen-bond donors (Lipinski definition) is 0. The Morgan fingerprint density at radius 2 is 1.85 bits per heavy atom. The number of ketones is 1. The van der Waals surface area contributed by atoms with E-state index >= 15 is 0 Å². The Balaban J connectivity index is 1.79. The largest absolute Gasteiger partial charge is 0.489 e. The van der Waals surface area contributed by atoms with Gasteiger partial charge in [-0.05, 0) is 36.6 Å². The van der Waals surface area contributed by atoms with Crippen molar-refractivity contribution in [1.29, 1.82) is 0 Å². The molecule has 0 fully saturated rings. The molecule has 0 heterocycles. The molecular formula is C17H15ClO2. The normalized spacial score (nSPS) is 13.9. The average molecular weight is 287 g/mol. The minimum Gasteiger partial charge on any atom is -0.489 e. The van der Waals surface area contributed by atoms with Gasteiger partial charge in [0, 0.05) is 22.6 Å². The molecule has 20 heavy (non-hydrogen) atoms. The molecule has 3 rings (SSSR count). The van der Waals surface area contributed by atoms with E-state index in [-0.39, 0.29) is 5.78 Å². The van der Waals surface area contributed by atoms with Crippen LogP contribution in [0.5, 0.6) is 5.75 Å². The second kappa shape index (κ2) is 5.68. The molecule has 0 aliphatic heterocycles. The summed E-state index contributed by atoms with van der Waals surface area (Å²) in [7, 11) is 0. The molecule has 0 aromatic heterocycles. The molecule has 0 spiro atoms. The zero-order valence-corrected chi connectivity index (χ0v) is 11.8. The van der Waals surface area contributed by atoms with Gasteiger partial charge in [-0.25, -0.2) is 0 Å². The van der Waals surface area contributed by atoms with Gasteiger partial charge in [-0.2, -0.15) is 0 Å². The van der Waals surface area contributed by atoms with Crippen molar-refractivity contribution >= 4 is 17.4 Å². The van der Waals surface area contributed by atoms with Gasteiger partial charge in [0.15, 0.2) is 5.78 Å². The standard InChI is InChI=1S/C17H15ClO2/c18-13-9-7-12(8-10-13)11-20-17-6-2-3-14-15(17)4-1-5-16(14)19/h2-3,6-10H,1,4-5,11H2. The van der Waals surface area contributed by atoms with Gasteiger partial charge in [0.25, 0.3) is 0 Å². The van der Waals surface area contributed by atoms with Crippen molar-refractivity contribution in [2.75, 3.05) is 0 Å². The van der Waals surface area contributed by atoms with Crippen LogP contribution in [0, 0.1) is 0 Å². The maximum Gasteiger partial charge on any atom is 0.163 e. The van der Waals surface area contributed by atoms with Crippen molar-refractivity contribution in [3.8, 4) is 5.75 Å². The maximum absolute atomic E-state index is 11.9. The summed E-state index contributed by atoms with van der Waals surface area (Å²) in [5.74, 6) is 1.05. The molecule has 2 aromatic rings. The molecule has 102 valence electrons. The number of carbonyl (C=O) groups is 1. The van der Waals surface area contributed by atoms with Gasteiger partial charge in [-0.3, -0.25) is 4.79 Å². The van der Waals surface area contributed by atoms with Crippen LogP contribution in [0.25, 0.3) is 0 Å². The Kier molecular flexibility index (Phi) is 3.75. The molecular weight excluding hydrogens is 272 g/mol. The Hall–Kier alpha value is -1.80. The highest BCUT2D eigenvalue weighted by Gasteiger charge is 2.20. The first-order chi connectivity index (χ1) is 9.74. The molecule has 2 nitrogen and oxygen atoms in total. The third kappa shape index (κ3) is 2.70. The lowest BCUT2D eigenvalue weighted by Crippen LogP contribution is -2.12. The molecule has 2 aromatic carbocycles. The summed E-state index contributed by atoms with van der Waals surface area (Å²) in [6.45, 7) is 0.488. The van der Waals surface area contributed by atoms with E-state index in [1.54, 1.807) is 0 Å². The second-order valence-corrected chi connectivity index (χ2v) is 5.41. The Morgan fingerprint density at radius 3 is 2.65 bits per heavy atom. The van der Waals surface area contributed by atoms with Crippen LogP contribution in [0.1, 0.15) is 34.3 Å². The lowest BCUT2D eigenvalue weighted by molar-refractivity contribution is 0.0971. The van der Waals surface area contributed by atoms with Gasteiger partial charge in [0.2, 0.25) is 0 Å². The zero-order valence-electron chi connectivity index (χ0n) is 11.1. The first-order valence-electron chi connectivity index (χ1n) is 6.76. The fourth-order valence-corrected chi connectivity index (χ4v) is 2.65. The Morgan fingerprint density at radius 1 is 1.05 bits per heavy atom. The molecule has 3 heteroatoms. The number of carbonyl (C=O) groups excluding carboxylic acids is 1. The van der Waals surface area contributed by atoms with E-state index in [1.165, 1.54) is 0 Å². The Bertz CT molecular complexity index is 632. The number of hydrogen-bond acceptors (Lipinski definition) is 2.